The molecule has 2 aromatic carbocycles. The number of urea groups is 1. The average molecular weight is 275 g/mol. The molecule has 0 atom stereocenters. The van der Waals surface area contributed by atoms with E-state index in [1.54, 1.807) is 6.07 Å². The molecule has 0 aliphatic rings. The third-order valence-electron chi connectivity index (χ3n) is 2.74. The highest BCUT2D eigenvalue weighted by Crippen LogP contribution is 2.24. The SMILES string of the molecule is Cc1cccc(NC(=O)NCc2ccccc2)c1Cl. The molecule has 0 aliphatic heterocycles. The molecule has 0 aromatic heterocycles. The fourth-order valence-electron chi connectivity index (χ4n) is 1.69. The molecule has 0 heterocycles. The van der Waals surface area contributed by atoms with Crippen LogP contribution in [0.3, 0.4) is 0 Å². The van der Waals surface area contributed by atoms with Crippen LogP contribution < -0.4 is 10.6 Å². The van der Waals surface area contributed by atoms with Gasteiger partial charge in [0.15, 0.2) is 0 Å². The summed E-state index contributed by atoms with van der Waals surface area (Å²) in [5, 5.41) is 6.09. The van der Waals surface area contributed by atoms with E-state index in [-0.39, 0.29) is 6.03 Å². The summed E-state index contributed by atoms with van der Waals surface area (Å²) >= 11 is 6.11. The number of hydrogen-bond acceptors (Lipinski definition) is 1. The minimum atomic E-state index is -0.267. The lowest BCUT2D eigenvalue weighted by Crippen LogP contribution is -2.28. The van der Waals surface area contributed by atoms with Gasteiger partial charge in [0.2, 0.25) is 0 Å². The fraction of sp³-hybridized carbons (Fsp3) is 0.133. The first-order valence-corrected chi connectivity index (χ1v) is 6.38. The van der Waals surface area contributed by atoms with E-state index in [1.807, 2.05) is 49.4 Å². The van der Waals surface area contributed by atoms with Crippen molar-refractivity contribution in [3.8, 4) is 0 Å². The Morgan fingerprint density at radius 3 is 2.58 bits per heavy atom. The molecule has 2 rings (SSSR count). The molecule has 0 spiro atoms. The van der Waals surface area contributed by atoms with Crippen molar-refractivity contribution < 1.29 is 4.79 Å². The van der Waals surface area contributed by atoms with Gasteiger partial charge in [-0.3, -0.25) is 0 Å². The maximum Gasteiger partial charge on any atom is 0.319 e. The minimum Gasteiger partial charge on any atom is -0.334 e. The summed E-state index contributed by atoms with van der Waals surface area (Å²) in [6.07, 6.45) is 0. The lowest BCUT2D eigenvalue weighted by molar-refractivity contribution is 0.251. The van der Waals surface area contributed by atoms with Gasteiger partial charge >= 0.3 is 6.03 Å². The van der Waals surface area contributed by atoms with Crippen LogP contribution in [0.5, 0.6) is 0 Å². The predicted molar refractivity (Wildman–Crippen MR) is 78.5 cm³/mol. The van der Waals surface area contributed by atoms with Crippen LogP contribution in [0.2, 0.25) is 5.02 Å². The van der Waals surface area contributed by atoms with Gasteiger partial charge in [0, 0.05) is 6.54 Å². The maximum absolute atomic E-state index is 11.8. The second kappa shape index (κ2) is 6.25. The summed E-state index contributed by atoms with van der Waals surface area (Å²) in [6, 6.07) is 15.0. The van der Waals surface area contributed by atoms with Crippen LogP contribution in [0.1, 0.15) is 11.1 Å². The first kappa shape index (κ1) is 13.4. The van der Waals surface area contributed by atoms with Crippen molar-refractivity contribution in [2.75, 3.05) is 5.32 Å². The maximum atomic E-state index is 11.8. The predicted octanol–water partition coefficient (Wildman–Crippen LogP) is 3.97. The number of benzene rings is 2. The molecule has 2 N–H and O–H groups in total. The van der Waals surface area contributed by atoms with Gasteiger partial charge in [0.1, 0.15) is 0 Å². The fourth-order valence-corrected chi connectivity index (χ4v) is 1.86. The third-order valence-corrected chi connectivity index (χ3v) is 3.24. The molecule has 2 amide bonds. The molecule has 19 heavy (non-hydrogen) atoms. The molecule has 98 valence electrons. The second-order valence-corrected chi connectivity index (χ2v) is 4.61. The number of aryl methyl sites for hydroxylation is 1. The Morgan fingerprint density at radius 2 is 1.84 bits per heavy atom. The Labute approximate surface area is 117 Å². The largest absolute Gasteiger partial charge is 0.334 e. The van der Waals surface area contributed by atoms with Crippen molar-refractivity contribution in [2.45, 2.75) is 13.5 Å². The van der Waals surface area contributed by atoms with E-state index in [0.29, 0.717) is 17.3 Å². The van der Waals surface area contributed by atoms with Gasteiger partial charge in [-0.15, -0.1) is 0 Å². The number of nitrogens with one attached hydrogen (secondary N) is 2. The van der Waals surface area contributed by atoms with Crippen LogP contribution in [-0.2, 0) is 6.54 Å². The van der Waals surface area contributed by atoms with Gasteiger partial charge in [0.05, 0.1) is 10.7 Å². The van der Waals surface area contributed by atoms with Crippen molar-refractivity contribution in [1.29, 1.82) is 0 Å². The van der Waals surface area contributed by atoms with Crippen LogP contribution in [0, 0.1) is 6.92 Å². The molecule has 0 saturated carbocycles. The van der Waals surface area contributed by atoms with Crippen LogP contribution in [0.25, 0.3) is 0 Å². The van der Waals surface area contributed by atoms with E-state index in [1.165, 1.54) is 0 Å². The topological polar surface area (TPSA) is 41.1 Å². The molecule has 0 bridgehead atoms. The van der Waals surface area contributed by atoms with Gasteiger partial charge in [-0.05, 0) is 24.1 Å². The second-order valence-electron chi connectivity index (χ2n) is 4.23. The average Bonchev–Trinajstić information content (AvgIpc) is 2.43. The minimum absolute atomic E-state index is 0.267. The van der Waals surface area contributed by atoms with Gasteiger partial charge < -0.3 is 10.6 Å². The normalized spacial score (nSPS) is 10.0. The Balaban J connectivity index is 1.93. The number of carbonyl (C=O) groups excluding carboxylic acids is 1. The van der Waals surface area contributed by atoms with Crippen LogP contribution in [0.15, 0.2) is 48.5 Å². The molecule has 3 nitrogen and oxygen atoms in total. The van der Waals surface area contributed by atoms with Crippen LogP contribution in [-0.4, -0.2) is 6.03 Å². The van der Waals surface area contributed by atoms with Crippen molar-refractivity contribution >= 4 is 23.3 Å². The summed E-state index contributed by atoms with van der Waals surface area (Å²) in [6.45, 7) is 2.38. The molecule has 0 unspecified atom stereocenters. The zero-order chi connectivity index (χ0) is 13.7. The van der Waals surface area contributed by atoms with E-state index < -0.39 is 0 Å². The first-order valence-electron chi connectivity index (χ1n) is 6.00. The summed E-state index contributed by atoms with van der Waals surface area (Å²) in [5.41, 5.74) is 2.60. The number of anilines is 1. The van der Waals surface area contributed by atoms with Crippen molar-refractivity contribution in [2.24, 2.45) is 0 Å². The Kier molecular flexibility index (Phi) is 4.42. The molecule has 0 radical (unpaired) electrons. The van der Waals surface area contributed by atoms with Crippen LogP contribution >= 0.6 is 11.6 Å². The van der Waals surface area contributed by atoms with Gasteiger partial charge in [-0.25, -0.2) is 4.79 Å². The lowest BCUT2D eigenvalue weighted by Gasteiger charge is -2.10. The standard InChI is InChI=1S/C15H15ClN2O/c1-11-6-5-9-13(14(11)16)18-15(19)17-10-12-7-3-2-4-8-12/h2-9H,10H2,1H3,(H2,17,18,19). The Morgan fingerprint density at radius 1 is 1.11 bits per heavy atom. The molecule has 0 saturated heterocycles. The number of halogens is 1. The molecule has 0 aliphatic carbocycles. The number of carbonyl (C=O) groups is 1. The summed E-state index contributed by atoms with van der Waals surface area (Å²) in [4.78, 5) is 11.8. The zero-order valence-corrected chi connectivity index (χ0v) is 11.4. The first-order chi connectivity index (χ1) is 9.16. The zero-order valence-electron chi connectivity index (χ0n) is 10.6. The molecule has 4 heteroatoms. The smallest absolute Gasteiger partial charge is 0.319 e. The van der Waals surface area contributed by atoms with Crippen molar-refractivity contribution in [1.82, 2.24) is 5.32 Å². The van der Waals surface area contributed by atoms with Crippen molar-refractivity contribution in [3.63, 3.8) is 0 Å². The highest BCUT2D eigenvalue weighted by molar-refractivity contribution is 6.34. The molecule has 2 aromatic rings. The molecular weight excluding hydrogens is 260 g/mol. The van der Waals surface area contributed by atoms with E-state index in [4.69, 9.17) is 11.6 Å². The number of rotatable bonds is 3. The number of amides is 2. The molecular formula is C15H15ClN2O. The highest BCUT2D eigenvalue weighted by atomic mass is 35.5. The Hall–Kier alpha value is -2.00. The third kappa shape index (κ3) is 3.73. The summed E-state index contributed by atoms with van der Waals surface area (Å²) in [7, 11) is 0. The Bertz CT molecular complexity index is 570. The highest BCUT2D eigenvalue weighted by Gasteiger charge is 2.06. The van der Waals surface area contributed by atoms with Crippen LogP contribution in [0.4, 0.5) is 10.5 Å². The quantitative estimate of drug-likeness (QED) is 0.874. The van der Waals surface area contributed by atoms with E-state index >= 15 is 0 Å². The summed E-state index contributed by atoms with van der Waals surface area (Å²) in [5.74, 6) is 0. The van der Waals surface area contributed by atoms with E-state index in [0.717, 1.165) is 11.1 Å². The number of hydrogen-bond donors (Lipinski definition) is 2. The van der Waals surface area contributed by atoms with Crippen molar-refractivity contribution in [3.05, 3.63) is 64.7 Å². The lowest BCUT2D eigenvalue weighted by atomic mass is 10.2. The van der Waals surface area contributed by atoms with E-state index in [9.17, 15) is 4.79 Å². The molecule has 0 fully saturated rings. The monoisotopic (exact) mass is 274 g/mol. The van der Waals surface area contributed by atoms with Gasteiger partial charge in [-0.1, -0.05) is 54.1 Å². The van der Waals surface area contributed by atoms with Gasteiger partial charge in [0.25, 0.3) is 0 Å². The van der Waals surface area contributed by atoms with E-state index in [2.05, 4.69) is 10.6 Å². The summed E-state index contributed by atoms with van der Waals surface area (Å²) < 4.78 is 0. The van der Waals surface area contributed by atoms with Gasteiger partial charge in [-0.2, -0.15) is 0 Å².